The molecule has 0 fully saturated rings. The lowest BCUT2D eigenvalue weighted by atomic mass is 9.73. The van der Waals surface area contributed by atoms with Crippen LogP contribution in [0.2, 0.25) is 0 Å². The number of aromatic nitrogens is 1. The zero-order valence-electron chi connectivity index (χ0n) is 34.1. The van der Waals surface area contributed by atoms with Crippen LogP contribution in [0.5, 0.6) is 0 Å². The van der Waals surface area contributed by atoms with E-state index < -0.39 is 0 Å². The summed E-state index contributed by atoms with van der Waals surface area (Å²) in [6, 6.07) is 78.9. The van der Waals surface area contributed by atoms with Crippen molar-refractivity contribution in [1.82, 2.24) is 4.98 Å². The second-order valence-corrected chi connectivity index (χ2v) is 16.2. The zero-order valence-corrected chi connectivity index (χ0v) is 34.1. The number of benzene rings is 9. The molecule has 2 aliphatic rings. The molecular weight excluding hydrogens is 751 g/mol. The molecule has 3 nitrogen and oxygen atoms in total. The van der Waals surface area contributed by atoms with Crippen molar-refractivity contribution in [2.45, 2.75) is 12.5 Å². The molecule has 2 aliphatic carbocycles. The van der Waals surface area contributed by atoms with Gasteiger partial charge in [-0.15, -0.1) is 0 Å². The molecule has 9 aromatic carbocycles. The van der Waals surface area contributed by atoms with E-state index in [0.29, 0.717) is 0 Å². The molecular formula is C59H41N3. The molecule has 292 valence electrons. The molecule has 1 aromatic heterocycles. The van der Waals surface area contributed by atoms with Crippen molar-refractivity contribution in [2.24, 2.45) is 0 Å². The molecule has 0 aliphatic heterocycles. The fourth-order valence-corrected chi connectivity index (χ4v) is 9.90. The van der Waals surface area contributed by atoms with Crippen molar-refractivity contribution in [1.29, 1.82) is 0 Å². The van der Waals surface area contributed by atoms with Crippen molar-refractivity contribution in [3.8, 4) is 11.1 Å². The SMILES string of the molecule is C1=C(c2ccccc2)c2ccc3c(N(c4ccccc4)c4ccc5ccccc5c4)cc(-c4ccccc4)c4c3c2C(=CC4)C1N(c1ccccc1)c1ccc2ccccc2n1. The summed E-state index contributed by atoms with van der Waals surface area (Å²) < 4.78 is 0. The van der Waals surface area contributed by atoms with Gasteiger partial charge in [0.25, 0.3) is 0 Å². The molecule has 1 heterocycles. The van der Waals surface area contributed by atoms with Gasteiger partial charge in [0.2, 0.25) is 0 Å². The molecule has 10 aromatic rings. The smallest absolute Gasteiger partial charge is 0.134 e. The number of nitrogens with zero attached hydrogens (tertiary/aromatic N) is 3. The quantitative estimate of drug-likeness (QED) is 0.153. The largest absolute Gasteiger partial charge is 0.315 e. The van der Waals surface area contributed by atoms with E-state index in [1.54, 1.807) is 0 Å². The number of pyridine rings is 1. The van der Waals surface area contributed by atoms with Gasteiger partial charge in [0.1, 0.15) is 5.82 Å². The summed E-state index contributed by atoms with van der Waals surface area (Å²) in [5.74, 6) is 0.913. The van der Waals surface area contributed by atoms with E-state index in [9.17, 15) is 0 Å². The monoisotopic (exact) mass is 791 g/mol. The fourth-order valence-electron chi connectivity index (χ4n) is 9.90. The summed E-state index contributed by atoms with van der Waals surface area (Å²) >= 11 is 0. The minimum atomic E-state index is -0.151. The number of hydrogen-bond acceptors (Lipinski definition) is 3. The fraction of sp³-hybridized carbons (Fsp3) is 0.0339. The maximum absolute atomic E-state index is 5.37. The van der Waals surface area contributed by atoms with Gasteiger partial charge in [0.15, 0.2) is 0 Å². The lowest BCUT2D eigenvalue weighted by Crippen LogP contribution is -2.34. The zero-order chi connectivity index (χ0) is 41.0. The van der Waals surface area contributed by atoms with E-state index in [1.165, 1.54) is 66.1 Å². The first-order chi connectivity index (χ1) is 30.8. The lowest BCUT2D eigenvalue weighted by molar-refractivity contribution is 0.928. The Morgan fingerprint density at radius 3 is 1.85 bits per heavy atom. The molecule has 0 N–H and O–H groups in total. The number of anilines is 5. The Bertz CT molecular complexity index is 3370. The normalized spacial score (nSPS) is 14.1. The summed E-state index contributed by atoms with van der Waals surface area (Å²) in [6.07, 6.45) is 5.79. The third kappa shape index (κ3) is 6.01. The first kappa shape index (κ1) is 35.9. The van der Waals surface area contributed by atoms with Crippen LogP contribution in [0, 0.1) is 0 Å². The second-order valence-electron chi connectivity index (χ2n) is 16.2. The van der Waals surface area contributed by atoms with Crippen LogP contribution in [0.3, 0.4) is 0 Å². The maximum Gasteiger partial charge on any atom is 0.134 e. The summed E-state index contributed by atoms with van der Waals surface area (Å²) in [6.45, 7) is 0. The van der Waals surface area contributed by atoms with Crippen molar-refractivity contribution in [3.05, 3.63) is 253 Å². The summed E-state index contributed by atoms with van der Waals surface area (Å²) in [5.41, 5.74) is 15.5. The van der Waals surface area contributed by atoms with Crippen molar-refractivity contribution in [2.75, 3.05) is 9.80 Å². The highest BCUT2D eigenvalue weighted by Gasteiger charge is 2.36. The molecule has 1 atom stereocenters. The molecule has 62 heavy (non-hydrogen) atoms. The molecule has 0 bridgehead atoms. The molecule has 0 radical (unpaired) electrons. The number of rotatable bonds is 8. The third-order valence-corrected chi connectivity index (χ3v) is 12.7. The number of hydrogen-bond donors (Lipinski definition) is 0. The van der Waals surface area contributed by atoms with Crippen LogP contribution in [0.1, 0.15) is 22.3 Å². The van der Waals surface area contributed by atoms with E-state index in [0.717, 1.165) is 45.9 Å². The second kappa shape index (κ2) is 14.9. The van der Waals surface area contributed by atoms with Gasteiger partial charge in [-0.05, 0) is 134 Å². The Kier molecular flexibility index (Phi) is 8.64. The van der Waals surface area contributed by atoms with Crippen LogP contribution in [-0.2, 0) is 6.42 Å². The molecule has 12 rings (SSSR count). The average molecular weight is 792 g/mol. The molecule has 0 amide bonds. The van der Waals surface area contributed by atoms with E-state index in [4.69, 9.17) is 4.98 Å². The Labute approximate surface area is 361 Å². The molecule has 0 saturated carbocycles. The Morgan fingerprint density at radius 2 is 1.10 bits per heavy atom. The highest BCUT2D eigenvalue weighted by Crippen LogP contribution is 2.53. The Morgan fingerprint density at radius 1 is 0.468 bits per heavy atom. The minimum absolute atomic E-state index is 0.151. The first-order valence-electron chi connectivity index (χ1n) is 21.5. The van der Waals surface area contributed by atoms with Gasteiger partial charge in [-0.25, -0.2) is 4.98 Å². The van der Waals surface area contributed by atoms with E-state index >= 15 is 0 Å². The van der Waals surface area contributed by atoms with E-state index in [2.05, 4.69) is 240 Å². The van der Waals surface area contributed by atoms with Crippen molar-refractivity contribution >= 4 is 72.2 Å². The minimum Gasteiger partial charge on any atom is -0.315 e. The highest BCUT2D eigenvalue weighted by atomic mass is 15.2. The Balaban J connectivity index is 1.17. The number of fused-ring (bicyclic) bond motifs is 2. The van der Waals surface area contributed by atoms with Gasteiger partial charge < -0.3 is 9.80 Å². The van der Waals surface area contributed by atoms with E-state index in [1.807, 2.05) is 0 Å². The van der Waals surface area contributed by atoms with E-state index in [-0.39, 0.29) is 6.04 Å². The maximum atomic E-state index is 5.37. The van der Waals surface area contributed by atoms with Crippen LogP contribution in [0.4, 0.5) is 28.6 Å². The van der Waals surface area contributed by atoms with Crippen LogP contribution in [0.25, 0.3) is 54.7 Å². The van der Waals surface area contributed by atoms with Gasteiger partial charge in [0.05, 0.1) is 17.2 Å². The van der Waals surface area contributed by atoms with Gasteiger partial charge in [-0.2, -0.15) is 0 Å². The topological polar surface area (TPSA) is 19.4 Å². The van der Waals surface area contributed by atoms with Crippen molar-refractivity contribution < 1.29 is 0 Å². The summed E-state index contributed by atoms with van der Waals surface area (Å²) in [4.78, 5) is 10.3. The number of para-hydroxylation sites is 3. The highest BCUT2D eigenvalue weighted by molar-refractivity contribution is 6.15. The van der Waals surface area contributed by atoms with Crippen LogP contribution in [-0.4, -0.2) is 11.0 Å². The van der Waals surface area contributed by atoms with Crippen LogP contribution in [0.15, 0.2) is 231 Å². The van der Waals surface area contributed by atoms with Gasteiger partial charge >= 0.3 is 0 Å². The van der Waals surface area contributed by atoms with Crippen LogP contribution < -0.4 is 9.80 Å². The Hall–Kier alpha value is -8.01. The van der Waals surface area contributed by atoms with Gasteiger partial charge in [-0.1, -0.05) is 164 Å². The van der Waals surface area contributed by atoms with Crippen LogP contribution >= 0.6 is 0 Å². The third-order valence-electron chi connectivity index (χ3n) is 12.7. The summed E-state index contributed by atoms with van der Waals surface area (Å²) in [7, 11) is 0. The first-order valence-corrected chi connectivity index (χ1v) is 21.5. The molecule has 3 heteroatoms. The molecule has 1 unspecified atom stereocenters. The summed E-state index contributed by atoms with van der Waals surface area (Å²) in [5, 5.41) is 6.10. The molecule has 0 spiro atoms. The predicted molar refractivity (Wildman–Crippen MR) is 261 cm³/mol. The molecule has 0 saturated heterocycles. The predicted octanol–water partition coefficient (Wildman–Crippen LogP) is 15.3. The average Bonchev–Trinajstić information content (AvgIpc) is 3.35. The number of allylic oxidation sites excluding steroid dienone is 1. The van der Waals surface area contributed by atoms with Crippen molar-refractivity contribution in [3.63, 3.8) is 0 Å². The van der Waals surface area contributed by atoms with Gasteiger partial charge in [-0.3, -0.25) is 0 Å². The van der Waals surface area contributed by atoms with Gasteiger partial charge in [0, 0.05) is 27.8 Å². The standard InChI is InChI=1S/C59H41N3/c1-5-18-41(19-6-1)52-38-55(61(45-24-9-3-10-25-45)47-31-29-40-17-13-14-23-44(40)37-47)50-34-32-49-53(42-20-7-2-8-21-42)39-56(51-35-33-48(52)58(50)59(49)51)62(46-26-11-4-12-27-46)57-36-30-43-22-15-16-28-54(43)60-57/h1-32,34-39,56H,33H2. The lowest BCUT2D eigenvalue weighted by Gasteiger charge is -2.40.